The molecule has 118 valence electrons. The molecule has 21 heavy (non-hydrogen) atoms. The predicted molar refractivity (Wildman–Crippen MR) is 91.5 cm³/mol. The Bertz CT molecular complexity index is 457. The second-order valence-electron chi connectivity index (χ2n) is 7.48. The Labute approximate surface area is 130 Å². The lowest BCUT2D eigenvalue weighted by molar-refractivity contribution is -0.125. The van der Waals surface area contributed by atoms with Crippen LogP contribution >= 0.6 is 0 Å². The van der Waals surface area contributed by atoms with Crippen LogP contribution in [0, 0.1) is 10.8 Å². The van der Waals surface area contributed by atoms with Crippen LogP contribution in [-0.4, -0.2) is 5.91 Å². The molecule has 2 heteroatoms. The number of hydrogen-bond donors (Lipinski definition) is 1. The van der Waals surface area contributed by atoms with Gasteiger partial charge in [0.05, 0.1) is 0 Å². The maximum atomic E-state index is 12.5. The molecule has 0 aliphatic carbocycles. The van der Waals surface area contributed by atoms with Crippen molar-refractivity contribution in [2.45, 2.75) is 67.2 Å². The van der Waals surface area contributed by atoms with Gasteiger partial charge < -0.3 is 5.32 Å². The summed E-state index contributed by atoms with van der Waals surface area (Å²) >= 11 is 0. The summed E-state index contributed by atoms with van der Waals surface area (Å²) in [7, 11) is 0. The molecule has 1 amide bonds. The SMILES string of the molecule is CCCc1ccc(NC(=O)C(C)(C)CC(C)(C)CC)cc1. The van der Waals surface area contributed by atoms with E-state index in [2.05, 4.69) is 45.1 Å². The van der Waals surface area contributed by atoms with E-state index < -0.39 is 0 Å². The summed E-state index contributed by atoms with van der Waals surface area (Å²) in [6.07, 6.45) is 4.20. The summed E-state index contributed by atoms with van der Waals surface area (Å²) in [5, 5.41) is 3.06. The number of hydrogen-bond acceptors (Lipinski definition) is 1. The third-order valence-corrected chi connectivity index (χ3v) is 4.24. The fraction of sp³-hybridized carbons (Fsp3) is 0.632. The second-order valence-corrected chi connectivity index (χ2v) is 7.48. The van der Waals surface area contributed by atoms with E-state index in [-0.39, 0.29) is 16.7 Å². The number of carbonyl (C=O) groups is 1. The van der Waals surface area contributed by atoms with Gasteiger partial charge in [0, 0.05) is 11.1 Å². The molecule has 0 radical (unpaired) electrons. The average molecular weight is 289 g/mol. The Hall–Kier alpha value is -1.31. The molecule has 1 aromatic rings. The Morgan fingerprint density at radius 1 is 1.05 bits per heavy atom. The molecule has 0 heterocycles. The minimum Gasteiger partial charge on any atom is -0.326 e. The largest absolute Gasteiger partial charge is 0.326 e. The van der Waals surface area contributed by atoms with Crippen molar-refractivity contribution >= 4 is 11.6 Å². The predicted octanol–water partition coefficient (Wildman–Crippen LogP) is 5.43. The van der Waals surface area contributed by atoms with Gasteiger partial charge in [0.2, 0.25) is 5.91 Å². The van der Waals surface area contributed by atoms with Gasteiger partial charge >= 0.3 is 0 Å². The van der Waals surface area contributed by atoms with Crippen LogP contribution in [0.5, 0.6) is 0 Å². The lowest BCUT2D eigenvalue weighted by Crippen LogP contribution is -2.35. The van der Waals surface area contributed by atoms with Crippen molar-refractivity contribution in [2.75, 3.05) is 5.32 Å². The minimum absolute atomic E-state index is 0.104. The molecule has 0 bridgehead atoms. The molecule has 0 saturated heterocycles. The summed E-state index contributed by atoms with van der Waals surface area (Å²) < 4.78 is 0. The van der Waals surface area contributed by atoms with Crippen LogP contribution in [0.2, 0.25) is 0 Å². The monoisotopic (exact) mass is 289 g/mol. The first kappa shape index (κ1) is 17.7. The Morgan fingerprint density at radius 3 is 2.10 bits per heavy atom. The zero-order valence-electron chi connectivity index (χ0n) is 14.5. The van der Waals surface area contributed by atoms with Crippen LogP contribution in [0.4, 0.5) is 5.69 Å². The molecule has 0 aliphatic rings. The smallest absolute Gasteiger partial charge is 0.230 e. The topological polar surface area (TPSA) is 29.1 Å². The lowest BCUT2D eigenvalue weighted by atomic mass is 9.73. The van der Waals surface area contributed by atoms with E-state index in [0.29, 0.717) is 0 Å². The Balaban J connectivity index is 2.71. The fourth-order valence-corrected chi connectivity index (χ4v) is 2.75. The molecular weight excluding hydrogens is 258 g/mol. The molecule has 0 unspecified atom stereocenters. The first-order valence-electron chi connectivity index (χ1n) is 8.10. The first-order valence-corrected chi connectivity index (χ1v) is 8.10. The standard InChI is InChI=1S/C19H31NO/c1-7-9-15-10-12-16(13-11-15)20-17(21)19(5,6)14-18(3,4)8-2/h10-13H,7-9,14H2,1-6H3,(H,20,21). The number of benzene rings is 1. The second kappa shape index (κ2) is 7.11. The van der Waals surface area contributed by atoms with Crippen molar-refractivity contribution in [3.05, 3.63) is 29.8 Å². The van der Waals surface area contributed by atoms with Crippen LogP contribution in [0.15, 0.2) is 24.3 Å². The van der Waals surface area contributed by atoms with Crippen LogP contribution < -0.4 is 5.32 Å². The molecule has 0 atom stereocenters. The van der Waals surface area contributed by atoms with E-state index in [9.17, 15) is 4.79 Å². The Kier molecular flexibility index (Phi) is 6.00. The van der Waals surface area contributed by atoms with Crippen molar-refractivity contribution in [3.8, 4) is 0 Å². The maximum Gasteiger partial charge on any atom is 0.230 e. The highest BCUT2D eigenvalue weighted by atomic mass is 16.2. The van der Waals surface area contributed by atoms with Crippen molar-refractivity contribution in [1.82, 2.24) is 0 Å². The van der Waals surface area contributed by atoms with Gasteiger partial charge in [-0.25, -0.2) is 0 Å². The van der Waals surface area contributed by atoms with Crippen molar-refractivity contribution in [3.63, 3.8) is 0 Å². The zero-order valence-corrected chi connectivity index (χ0v) is 14.5. The molecule has 2 nitrogen and oxygen atoms in total. The third-order valence-electron chi connectivity index (χ3n) is 4.24. The Morgan fingerprint density at radius 2 is 1.62 bits per heavy atom. The summed E-state index contributed by atoms with van der Waals surface area (Å²) in [5.41, 5.74) is 2.04. The van der Waals surface area contributed by atoms with Crippen molar-refractivity contribution < 1.29 is 4.79 Å². The fourth-order valence-electron chi connectivity index (χ4n) is 2.75. The first-order chi connectivity index (χ1) is 9.70. The molecule has 0 spiro atoms. The van der Waals surface area contributed by atoms with Crippen LogP contribution in [0.1, 0.15) is 66.4 Å². The highest BCUT2D eigenvalue weighted by Gasteiger charge is 2.33. The lowest BCUT2D eigenvalue weighted by Gasteiger charge is -2.33. The van der Waals surface area contributed by atoms with Crippen LogP contribution in [0.3, 0.4) is 0 Å². The highest BCUT2D eigenvalue weighted by molar-refractivity contribution is 5.94. The number of nitrogens with one attached hydrogen (secondary N) is 1. The molecule has 0 aliphatic heterocycles. The molecule has 1 rings (SSSR count). The van der Waals surface area contributed by atoms with Gasteiger partial charge in [0.15, 0.2) is 0 Å². The molecule has 0 aromatic heterocycles. The van der Waals surface area contributed by atoms with Gasteiger partial charge in [0.1, 0.15) is 0 Å². The summed E-state index contributed by atoms with van der Waals surface area (Å²) in [6.45, 7) is 12.9. The zero-order chi connectivity index (χ0) is 16.1. The number of aryl methyl sites for hydroxylation is 1. The number of amides is 1. The van der Waals surface area contributed by atoms with Crippen LogP contribution in [0.25, 0.3) is 0 Å². The average Bonchev–Trinajstić information content (AvgIpc) is 2.40. The van der Waals surface area contributed by atoms with Gasteiger partial charge in [0.25, 0.3) is 0 Å². The van der Waals surface area contributed by atoms with Crippen molar-refractivity contribution in [1.29, 1.82) is 0 Å². The van der Waals surface area contributed by atoms with Gasteiger partial charge in [-0.3, -0.25) is 4.79 Å². The van der Waals surface area contributed by atoms with Crippen LogP contribution in [-0.2, 0) is 11.2 Å². The van der Waals surface area contributed by atoms with E-state index >= 15 is 0 Å². The van der Waals surface area contributed by atoms with Gasteiger partial charge in [-0.05, 0) is 36.0 Å². The summed E-state index contributed by atoms with van der Waals surface area (Å²) in [5.74, 6) is 0.104. The summed E-state index contributed by atoms with van der Waals surface area (Å²) in [4.78, 5) is 12.5. The van der Waals surface area contributed by atoms with E-state index in [1.807, 2.05) is 26.0 Å². The molecule has 0 saturated carbocycles. The normalized spacial score (nSPS) is 12.3. The highest BCUT2D eigenvalue weighted by Crippen LogP contribution is 2.36. The number of anilines is 1. The molecule has 1 N–H and O–H groups in total. The minimum atomic E-state index is -0.360. The summed E-state index contributed by atoms with van der Waals surface area (Å²) in [6, 6.07) is 8.21. The maximum absolute atomic E-state index is 12.5. The van der Waals surface area contributed by atoms with E-state index in [1.165, 1.54) is 5.56 Å². The van der Waals surface area contributed by atoms with Gasteiger partial charge in [-0.2, -0.15) is 0 Å². The van der Waals surface area contributed by atoms with E-state index in [1.54, 1.807) is 0 Å². The third kappa shape index (κ3) is 5.53. The number of carbonyl (C=O) groups excluding carboxylic acids is 1. The van der Waals surface area contributed by atoms with Crippen molar-refractivity contribution in [2.24, 2.45) is 10.8 Å². The van der Waals surface area contributed by atoms with E-state index in [0.717, 1.165) is 31.4 Å². The number of rotatable bonds is 7. The molecular formula is C19H31NO. The van der Waals surface area contributed by atoms with E-state index in [4.69, 9.17) is 0 Å². The van der Waals surface area contributed by atoms with Gasteiger partial charge in [-0.1, -0.05) is 66.5 Å². The quantitative estimate of drug-likeness (QED) is 0.712. The van der Waals surface area contributed by atoms with Gasteiger partial charge in [-0.15, -0.1) is 0 Å². The molecule has 1 aromatic carbocycles. The molecule has 0 fully saturated rings.